The molecule has 0 aliphatic carbocycles. The molecule has 2 rings (SSSR count). The van der Waals surface area contributed by atoms with Crippen molar-refractivity contribution in [1.29, 1.82) is 0 Å². The van der Waals surface area contributed by atoms with Gasteiger partial charge in [-0.1, -0.05) is 15.9 Å². The van der Waals surface area contributed by atoms with Crippen LogP contribution >= 0.6 is 15.9 Å². The second-order valence-corrected chi connectivity index (χ2v) is 5.03. The van der Waals surface area contributed by atoms with Crippen LogP contribution < -0.4 is 5.32 Å². The maximum absolute atomic E-state index is 11.8. The maximum atomic E-state index is 11.8. The average Bonchev–Trinajstić information content (AvgIpc) is 2.43. The van der Waals surface area contributed by atoms with Gasteiger partial charge < -0.3 is 14.8 Å². The van der Waals surface area contributed by atoms with Gasteiger partial charge in [0, 0.05) is 23.2 Å². The summed E-state index contributed by atoms with van der Waals surface area (Å²) in [4.78, 5) is 16.0. The van der Waals surface area contributed by atoms with Crippen LogP contribution in [0.1, 0.15) is 0 Å². The number of amides is 1. The van der Waals surface area contributed by atoms with E-state index < -0.39 is 0 Å². The van der Waals surface area contributed by atoms with Gasteiger partial charge in [-0.05, 0) is 29.7 Å². The van der Waals surface area contributed by atoms with E-state index in [0.29, 0.717) is 19.0 Å². The summed E-state index contributed by atoms with van der Waals surface area (Å²) in [7, 11) is 1.58. The Morgan fingerprint density at radius 1 is 1.35 bits per heavy atom. The lowest BCUT2D eigenvalue weighted by atomic mass is 10.1. The van der Waals surface area contributed by atoms with E-state index in [9.17, 15) is 4.79 Å². The molecule has 5 nitrogen and oxygen atoms in total. The molecule has 106 valence electrons. The number of anilines is 1. The number of hydrogen-bond acceptors (Lipinski definition) is 4. The number of methoxy groups -OCH3 is 1. The highest BCUT2D eigenvalue weighted by Crippen LogP contribution is 2.24. The van der Waals surface area contributed by atoms with Crippen molar-refractivity contribution in [3.8, 4) is 0 Å². The van der Waals surface area contributed by atoms with Crippen molar-refractivity contribution in [2.24, 2.45) is 0 Å². The molecule has 1 aromatic carbocycles. The third-order valence-corrected chi connectivity index (χ3v) is 3.14. The highest BCUT2D eigenvalue weighted by molar-refractivity contribution is 9.10. The molecule has 6 heteroatoms. The van der Waals surface area contributed by atoms with Crippen molar-refractivity contribution in [3.05, 3.63) is 34.9 Å². The van der Waals surface area contributed by atoms with E-state index in [2.05, 4.69) is 26.2 Å². The smallest absolute Gasteiger partial charge is 0.251 e. The fourth-order valence-electron chi connectivity index (χ4n) is 1.72. The molecule has 0 bridgehead atoms. The molecule has 0 saturated carbocycles. The first-order valence-electron chi connectivity index (χ1n) is 6.11. The molecule has 1 aromatic heterocycles. The Kier molecular flexibility index (Phi) is 5.46. The van der Waals surface area contributed by atoms with Crippen molar-refractivity contribution < 1.29 is 14.3 Å². The number of fused-ring (bicyclic) bond motifs is 1. The van der Waals surface area contributed by atoms with Crippen molar-refractivity contribution in [1.82, 2.24) is 4.98 Å². The molecule has 0 saturated heterocycles. The first kappa shape index (κ1) is 14.9. The number of aromatic nitrogens is 1. The Morgan fingerprint density at radius 3 is 3.00 bits per heavy atom. The van der Waals surface area contributed by atoms with Gasteiger partial charge in [0.25, 0.3) is 5.91 Å². The number of nitrogens with zero attached hydrogens (tertiary/aromatic N) is 1. The molecule has 0 aliphatic rings. The Bertz CT molecular complexity index is 604. The molecule has 20 heavy (non-hydrogen) atoms. The second-order valence-electron chi connectivity index (χ2n) is 4.12. The molecule has 2 aromatic rings. The van der Waals surface area contributed by atoms with E-state index in [1.165, 1.54) is 0 Å². The van der Waals surface area contributed by atoms with E-state index >= 15 is 0 Å². The summed E-state index contributed by atoms with van der Waals surface area (Å²) >= 11 is 3.42. The minimum atomic E-state index is -0.232. The Hall–Kier alpha value is -1.50. The highest BCUT2D eigenvalue weighted by atomic mass is 79.9. The van der Waals surface area contributed by atoms with E-state index in [-0.39, 0.29) is 12.5 Å². The molecule has 0 fully saturated rings. The van der Waals surface area contributed by atoms with Gasteiger partial charge in [-0.2, -0.15) is 0 Å². The fourth-order valence-corrected chi connectivity index (χ4v) is 2.10. The average molecular weight is 339 g/mol. The van der Waals surface area contributed by atoms with Crippen molar-refractivity contribution in [2.45, 2.75) is 0 Å². The van der Waals surface area contributed by atoms with Gasteiger partial charge in [-0.3, -0.25) is 4.79 Å². The number of pyridine rings is 1. The SMILES string of the molecule is COCCOCC(=O)Nc1nccc2cc(Br)ccc12. The molecular formula is C14H15BrN2O3. The molecule has 1 amide bonds. The fraction of sp³-hybridized carbons (Fsp3) is 0.286. The Morgan fingerprint density at radius 2 is 2.20 bits per heavy atom. The van der Waals surface area contributed by atoms with Crippen LogP contribution in [0.5, 0.6) is 0 Å². The number of ether oxygens (including phenoxy) is 2. The highest BCUT2D eigenvalue weighted by Gasteiger charge is 2.07. The summed E-state index contributed by atoms with van der Waals surface area (Å²) in [6.45, 7) is 0.839. The van der Waals surface area contributed by atoms with Crippen LogP contribution in [0.4, 0.5) is 5.82 Å². The minimum absolute atomic E-state index is 0.0159. The Labute approximate surface area is 125 Å². The third-order valence-electron chi connectivity index (χ3n) is 2.65. The van der Waals surface area contributed by atoms with Crippen LogP contribution in [-0.4, -0.2) is 37.8 Å². The van der Waals surface area contributed by atoms with Crippen LogP contribution in [0.15, 0.2) is 34.9 Å². The van der Waals surface area contributed by atoms with Gasteiger partial charge in [-0.15, -0.1) is 0 Å². The number of halogens is 1. The predicted octanol–water partition coefficient (Wildman–Crippen LogP) is 2.60. The lowest BCUT2D eigenvalue weighted by Crippen LogP contribution is -2.20. The van der Waals surface area contributed by atoms with Crippen LogP contribution in [0.2, 0.25) is 0 Å². The molecule has 0 atom stereocenters. The Balaban J connectivity index is 2.04. The predicted molar refractivity (Wildman–Crippen MR) is 80.8 cm³/mol. The zero-order valence-electron chi connectivity index (χ0n) is 11.1. The summed E-state index contributed by atoms with van der Waals surface area (Å²) in [5, 5.41) is 4.64. The van der Waals surface area contributed by atoms with Crippen molar-refractivity contribution in [3.63, 3.8) is 0 Å². The van der Waals surface area contributed by atoms with Gasteiger partial charge in [0.1, 0.15) is 12.4 Å². The van der Waals surface area contributed by atoms with E-state index in [4.69, 9.17) is 9.47 Å². The lowest BCUT2D eigenvalue weighted by Gasteiger charge is -2.08. The van der Waals surface area contributed by atoms with Crippen molar-refractivity contribution in [2.75, 3.05) is 32.2 Å². The number of hydrogen-bond donors (Lipinski definition) is 1. The van der Waals surface area contributed by atoms with Gasteiger partial charge in [0.2, 0.25) is 0 Å². The number of carbonyl (C=O) groups is 1. The molecule has 0 unspecified atom stereocenters. The van der Waals surface area contributed by atoms with Crippen LogP contribution in [0.25, 0.3) is 10.8 Å². The van der Waals surface area contributed by atoms with Gasteiger partial charge in [0.15, 0.2) is 0 Å². The topological polar surface area (TPSA) is 60.5 Å². The standard InChI is InChI=1S/C14H15BrN2O3/c1-19-6-7-20-9-13(18)17-14-12-3-2-11(15)8-10(12)4-5-16-14/h2-5,8H,6-7,9H2,1H3,(H,16,17,18). The van der Waals surface area contributed by atoms with Gasteiger partial charge >= 0.3 is 0 Å². The van der Waals surface area contributed by atoms with Crippen LogP contribution in [0.3, 0.4) is 0 Å². The van der Waals surface area contributed by atoms with Gasteiger partial charge in [0.05, 0.1) is 13.2 Å². The summed E-state index contributed by atoms with van der Waals surface area (Å²) in [5.41, 5.74) is 0. The van der Waals surface area contributed by atoms with Crippen LogP contribution in [0, 0.1) is 0 Å². The number of carbonyl (C=O) groups excluding carboxylic acids is 1. The zero-order valence-corrected chi connectivity index (χ0v) is 12.6. The van der Waals surface area contributed by atoms with E-state index in [1.54, 1.807) is 13.3 Å². The molecule has 0 aliphatic heterocycles. The first-order chi connectivity index (χ1) is 9.70. The molecule has 1 heterocycles. The quantitative estimate of drug-likeness (QED) is 0.822. The second kappa shape index (κ2) is 7.33. The van der Waals surface area contributed by atoms with E-state index in [1.807, 2.05) is 24.3 Å². The molecule has 0 radical (unpaired) electrons. The van der Waals surface area contributed by atoms with Crippen LogP contribution in [-0.2, 0) is 14.3 Å². The van der Waals surface area contributed by atoms with Gasteiger partial charge in [-0.25, -0.2) is 4.98 Å². The first-order valence-corrected chi connectivity index (χ1v) is 6.91. The molecule has 1 N–H and O–H groups in total. The summed E-state index contributed by atoms with van der Waals surface area (Å²) < 4.78 is 11.0. The lowest BCUT2D eigenvalue weighted by molar-refractivity contribution is -0.121. The number of nitrogens with one attached hydrogen (secondary N) is 1. The monoisotopic (exact) mass is 338 g/mol. The molecule has 0 spiro atoms. The number of rotatable bonds is 6. The minimum Gasteiger partial charge on any atom is -0.382 e. The summed E-state index contributed by atoms with van der Waals surface area (Å²) in [6.07, 6.45) is 1.66. The summed E-state index contributed by atoms with van der Waals surface area (Å²) in [5.74, 6) is 0.305. The zero-order chi connectivity index (χ0) is 14.4. The maximum Gasteiger partial charge on any atom is 0.251 e. The third kappa shape index (κ3) is 4.00. The van der Waals surface area contributed by atoms with E-state index in [0.717, 1.165) is 15.2 Å². The normalized spacial score (nSPS) is 10.7. The molecular weight excluding hydrogens is 324 g/mol. The summed E-state index contributed by atoms with van der Waals surface area (Å²) in [6, 6.07) is 7.69. The number of benzene rings is 1. The largest absolute Gasteiger partial charge is 0.382 e. The van der Waals surface area contributed by atoms with Crippen molar-refractivity contribution >= 4 is 38.4 Å².